The molecule has 1 rings (SSSR count). The number of hydrogen-bond acceptors (Lipinski definition) is 2. The van der Waals surface area contributed by atoms with Crippen molar-refractivity contribution < 1.29 is 0 Å². The summed E-state index contributed by atoms with van der Waals surface area (Å²) in [5, 5.41) is 3.24. The van der Waals surface area contributed by atoms with E-state index in [0.717, 1.165) is 19.0 Å². The predicted octanol–water partition coefficient (Wildman–Crippen LogP) is 3.27. The first-order valence-corrected chi connectivity index (χ1v) is 6.96. The Morgan fingerprint density at radius 3 is 2.28 bits per heavy atom. The zero-order valence-electron chi connectivity index (χ0n) is 12.5. The van der Waals surface area contributed by atoms with Crippen molar-refractivity contribution >= 4 is 0 Å². The van der Waals surface area contributed by atoms with Crippen molar-refractivity contribution in [3.8, 4) is 0 Å². The van der Waals surface area contributed by atoms with Crippen molar-refractivity contribution in [1.82, 2.24) is 10.2 Å². The minimum absolute atomic E-state index is 0.632. The summed E-state index contributed by atoms with van der Waals surface area (Å²) in [5.41, 5.74) is 2.84. The lowest BCUT2D eigenvalue weighted by Gasteiger charge is -2.27. The molecule has 0 bridgehead atoms. The molecule has 2 heteroatoms. The normalized spacial score (nSPS) is 13.3. The van der Waals surface area contributed by atoms with E-state index in [4.69, 9.17) is 0 Å². The van der Waals surface area contributed by atoms with Gasteiger partial charge in [-0.2, -0.15) is 0 Å². The van der Waals surface area contributed by atoms with E-state index in [1.54, 1.807) is 0 Å². The molecular weight excluding hydrogens is 220 g/mol. The lowest BCUT2D eigenvalue weighted by atomic mass is 10.0. The van der Waals surface area contributed by atoms with Gasteiger partial charge in [-0.05, 0) is 44.5 Å². The molecule has 0 aliphatic carbocycles. The molecule has 102 valence electrons. The second kappa shape index (κ2) is 7.55. The first-order chi connectivity index (χ1) is 8.54. The van der Waals surface area contributed by atoms with E-state index in [2.05, 4.69) is 62.3 Å². The molecule has 0 saturated carbocycles. The topological polar surface area (TPSA) is 15.3 Å². The molecule has 2 nitrogen and oxygen atoms in total. The van der Waals surface area contributed by atoms with E-state index < -0.39 is 0 Å². The third kappa shape index (κ3) is 4.79. The maximum Gasteiger partial charge on any atom is 0.0236 e. The molecular formula is C16H28N2. The fourth-order valence-corrected chi connectivity index (χ4v) is 2.36. The van der Waals surface area contributed by atoms with Crippen LogP contribution in [0.5, 0.6) is 0 Å². The van der Waals surface area contributed by atoms with E-state index in [9.17, 15) is 0 Å². The van der Waals surface area contributed by atoms with Crippen LogP contribution in [0.25, 0.3) is 0 Å². The second-order valence-electron chi connectivity index (χ2n) is 5.69. The van der Waals surface area contributed by atoms with E-state index >= 15 is 0 Å². The Kier molecular flexibility index (Phi) is 6.37. The maximum absolute atomic E-state index is 3.24. The summed E-state index contributed by atoms with van der Waals surface area (Å²) in [6.07, 6.45) is 1.25. The molecule has 0 amide bonds. The smallest absolute Gasteiger partial charge is 0.0236 e. The Balaban J connectivity index is 2.65. The third-order valence-corrected chi connectivity index (χ3v) is 3.47. The van der Waals surface area contributed by atoms with Gasteiger partial charge in [0, 0.05) is 19.1 Å². The van der Waals surface area contributed by atoms with Gasteiger partial charge in [0.2, 0.25) is 0 Å². The van der Waals surface area contributed by atoms with Crippen LogP contribution in [0.1, 0.15) is 38.3 Å². The molecule has 1 aromatic rings. The van der Waals surface area contributed by atoms with Crippen LogP contribution < -0.4 is 5.32 Å². The third-order valence-electron chi connectivity index (χ3n) is 3.47. The highest BCUT2D eigenvalue weighted by atomic mass is 15.1. The van der Waals surface area contributed by atoms with Gasteiger partial charge >= 0.3 is 0 Å². The number of nitrogens with one attached hydrogen (secondary N) is 1. The van der Waals surface area contributed by atoms with Gasteiger partial charge in [-0.3, -0.25) is 4.90 Å². The summed E-state index contributed by atoms with van der Waals surface area (Å²) in [4.78, 5) is 2.45. The van der Waals surface area contributed by atoms with Crippen LogP contribution in [0.4, 0.5) is 0 Å². The van der Waals surface area contributed by atoms with Crippen molar-refractivity contribution in [2.75, 3.05) is 14.1 Å². The molecule has 1 aromatic carbocycles. The van der Waals surface area contributed by atoms with Crippen molar-refractivity contribution in [3.05, 3.63) is 35.4 Å². The van der Waals surface area contributed by atoms with E-state index in [1.165, 1.54) is 17.5 Å². The highest BCUT2D eigenvalue weighted by Gasteiger charge is 2.12. The van der Waals surface area contributed by atoms with Crippen LogP contribution in [-0.4, -0.2) is 25.0 Å². The van der Waals surface area contributed by atoms with Gasteiger partial charge in [0.05, 0.1) is 0 Å². The summed E-state index contributed by atoms with van der Waals surface area (Å²) >= 11 is 0. The minimum atomic E-state index is 0.632. The van der Waals surface area contributed by atoms with Crippen LogP contribution in [0.15, 0.2) is 24.3 Å². The number of hydrogen-bond donors (Lipinski definition) is 1. The Bertz CT molecular complexity index is 347. The van der Waals surface area contributed by atoms with Crippen LogP contribution in [0, 0.1) is 5.92 Å². The average Bonchev–Trinajstić information content (AvgIpc) is 2.31. The van der Waals surface area contributed by atoms with Gasteiger partial charge in [0.15, 0.2) is 0 Å². The lowest BCUT2D eigenvalue weighted by molar-refractivity contribution is 0.220. The molecule has 0 aliphatic heterocycles. The van der Waals surface area contributed by atoms with Crippen LogP contribution in [0.2, 0.25) is 0 Å². The van der Waals surface area contributed by atoms with Gasteiger partial charge in [-0.1, -0.05) is 38.1 Å². The molecule has 1 unspecified atom stereocenters. The van der Waals surface area contributed by atoms with Crippen molar-refractivity contribution in [3.63, 3.8) is 0 Å². The van der Waals surface area contributed by atoms with Crippen molar-refractivity contribution in [2.24, 2.45) is 5.92 Å². The summed E-state index contributed by atoms with van der Waals surface area (Å²) in [6.45, 7) is 8.88. The van der Waals surface area contributed by atoms with Crippen LogP contribution in [0.3, 0.4) is 0 Å². The molecule has 0 aliphatic rings. The number of nitrogens with zero attached hydrogens (tertiary/aromatic N) is 1. The molecule has 1 N–H and O–H groups in total. The number of benzene rings is 1. The van der Waals surface area contributed by atoms with E-state index in [0.29, 0.717) is 6.04 Å². The van der Waals surface area contributed by atoms with Gasteiger partial charge in [-0.15, -0.1) is 0 Å². The quantitative estimate of drug-likeness (QED) is 0.796. The van der Waals surface area contributed by atoms with Crippen molar-refractivity contribution in [1.29, 1.82) is 0 Å². The first-order valence-electron chi connectivity index (χ1n) is 6.96. The van der Waals surface area contributed by atoms with Gasteiger partial charge < -0.3 is 5.32 Å². The summed E-state index contributed by atoms with van der Waals surface area (Å²) in [6, 6.07) is 9.34. The Morgan fingerprint density at radius 2 is 1.72 bits per heavy atom. The summed E-state index contributed by atoms with van der Waals surface area (Å²) in [7, 11) is 4.23. The van der Waals surface area contributed by atoms with Gasteiger partial charge in [0.25, 0.3) is 0 Å². The van der Waals surface area contributed by atoms with Crippen LogP contribution in [-0.2, 0) is 13.1 Å². The SMILES string of the molecule is CNCc1ccccc1CN(C)C(C)CC(C)C. The molecule has 18 heavy (non-hydrogen) atoms. The highest BCUT2D eigenvalue weighted by molar-refractivity contribution is 5.26. The van der Waals surface area contributed by atoms with Gasteiger partial charge in [-0.25, -0.2) is 0 Å². The molecule has 0 aromatic heterocycles. The average molecular weight is 248 g/mol. The van der Waals surface area contributed by atoms with Crippen molar-refractivity contribution in [2.45, 2.75) is 46.3 Å². The van der Waals surface area contributed by atoms with E-state index in [-0.39, 0.29) is 0 Å². The van der Waals surface area contributed by atoms with E-state index in [1.807, 2.05) is 7.05 Å². The predicted molar refractivity (Wildman–Crippen MR) is 79.6 cm³/mol. The number of rotatable bonds is 7. The monoisotopic (exact) mass is 248 g/mol. The highest BCUT2D eigenvalue weighted by Crippen LogP contribution is 2.15. The molecule has 1 atom stereocenters. The fraction of sp³-hybridized carbons (Fsp3) is 0.625. The largest absolute Gasteiger partial charge is 0.316 e. The maximum atomic E-state index is 3.24. The Labute approximate surface area is 112 Å². The molecule has 0 saturated heterocycles. The minimum Gasteiger partial charge on any atom is -0.316 e. The van der Waals surface area contributed by atoms with Crippen LogP contribution >= 0.6 is 0 Å². The Morgan fingerprint density at radius 1 is 1.11 bits per heavy atom. The Hall–Kier alpha value is -0.860. The molecule has 0 spiro atoms. The fourth-order valence-electron chi connectivity index (χ4n) is 2.36. The molecule has 0 radical (unpaired) electrons. The zero-order valence-corrected chi connectivity index (χ0v) is 12.5. The molecule has 0 heterocycles. The molecule has 0 fully saturated rings. The standard InChI is InChI=1S/C16H28N2/c1-13(2)10-14(3)18(5)12-16-9-7-6-8-15(16)11-17-4/h6-9,13-14,17H,10-12H2,1-5H3. The second-order valence-corrected chi connectivity index (χ2v) is 5.69. The van der Waals surface area contributed by atoms with Gasteiger partial charge in [0.1, 0.15) is 0 Å². The summed E-state index contributed by atoms with van der Waals surface area (Å²) in [5.74, 6) is 0.759. The first kappa shape index (κ1) is 15.2. The zero-order chi connectivity index (χ0) is 13.5. The lowest BCUT2D eigenvalue weighted by Crippen LogP contribution is -2.30. The summed E-state index contributed by atoms with van der Waals surface area (Å²) < 4.78 is 0.